The Morgan fingerprint density at radius 1 is 0.800 bits per heavy atom. The van der Waals surface area contributed by atoms with E-state index >= 15 is 0 Å². The number of hydrogen-bond acceptors (Lipinski definition) is 3. The van der Waals surface area contributed by atoms with E-state index in [0.29, 0.717) is 22.0 Å². The summed E-state index contributed by atoms with van der Waals surface area (Å²) in [7, 11) is 0. The third-order valence-corrected chi connectivity index (χ3v) is 4.13. The van der Waals surface area contributed by atoms with Crippen LogP contribution in [0.4, 0.5) is 11.4 Å². The van der Waals surface area contributed by atoms with Crippen LogP contribution >= 0.6 is 0 Å². The van der Waals surface area contributed by atoms with Crippen molar-refractivity contribution in [2.24, 2.45) is 0 Å². The van der Waals surface area contributed by atoms with E-state index in [1.54, 1.807) is 54.6 Å². The van der Waals surface area contributed by atoms with E-state index in [9.17, 15) is 10.2 Å². The average molecular weight is 375 g/mol. The fourth-order valence-corrected chi connectivity index (χ4v) is 2.75. The van der Waals surface area contributed by atoms with Crippen molar-refractivity contribution in [3.63, 3.8) is 0 Å². The maximum atomic E-state index is 10.0. The molecule has 25 heavy (non-hydrogen) atoms. The molecule has 3 aromatic carbocycles. The number of rotatable bonds is 3. The van der Waals surface area contributed by atoms with Crippen molar-refractivity contribution in [1.29, 1.82) is 0 Å². The second-order valence-corrected chi connectivity index (χ2v) is 5.74. The van der Waals surface area contributed by atoms with Crippen LogP contribution in [0.2, 0.25) is 0 Å². The van der Waals surface area contributed by atoms with Crippen LogP contribution in [0.3, 0.4) is 0 Å². The zero-order valence-corrected chi connectivity index (χ0v) is 14.2. The minimum absolute atomic E-state index is 0.138. The van der Waals surface area contributed by atoms with Crippen LogP contribution < -0.4 is 20.5 Å². The van der Waals surface area contributed by atoms with Gasteiger partial charge in [0.1, 0.15) is 0 Å². The number of anilines is 1. The first-order valence-electron chi connectivity index (χ1n) is 7.58. The molecule has 1 radical (unpaired) electrons. The third-order valence-electron chi connectivity index (χ3n) is 3.85. The summed E-state index contributed by atoms with van der Waals surface area (Å²) in [5, 5.41) is 21.4. The van der Waals surface area contributed by atoms with Gasteiger partial charge < -0.3 is 0 Å². The summed E-state index contributed by atoms with van der Waals surface area (Å²) < 4.78 is 2.69. The van der Waals surface area contributed by atoms with Crippen LogP contribution in [-0.4, -0.2) is 10.2 Å². The van der Waals surface area contributed by atoms with Gasteiger partial charge in [-0.15, -0.1) is 0 Å². The van der Waals surface area contributed by atoms with E-state index < -0.39 is 0 Å². The standard InChI is InChI=1S/C20H16N2O2.Co/c21-17-10-9-13(11-14-5-1-3-7-18(14)23)16(20(17)22)12-15-6-2-4-8-19(15)24;/h1-12,21-24H;/q-1;+1. The van der Waals surface area contributed by atoms with Gasteiger partial charge in [-0.25, -0.2) is 0 Å². The van der Waals surface area contributed by atoms with Crippen molar-refractivity contribution < 1.29 is 26.2 Å². The van der Waals surface area contributed by atoms with E-state index in [0.717, 1.165) is 5.22 Å². The molecule has 4 nitrogen and oxygen atoms in total. The summed E-state index contributed by atoms with van der Waals surface area (Å²) in [6.45, 7) is 0. The number of phenols is 2. The van der Waals surface area contributed by atoms with Gasteiger partial charge in [0.2, 0.25) is 0 Å². The molecule has 0 saturated carbocycles. The van der Waals surface area contributed by atoms with Crippen LogP contribution in [0, 0.1) is 0 Å². The summed E-state index contributed by atoms with van der Waals surface area (Å²) in [5.41, 5.74) is 10.5. The summed E-state index contributed by atoms with van der Waals surface area (Å²) in [4.78, 5) is 0. The number of para-hydroxylation sites is 2. The number of aromatic hydroxyl groups is 2. The normalized spacial score (nSPS) is 12.4. The molecule has 3 rings (SSSR count). The van der Waals surface area contributed by atoms with Gasteiger partial charge in [0.15, 0.2) is 0 Å². The Labute approximate surface area is 153 Å². The molecule has 0 spiro atoms. The van der Waals surface area contributed by atoms with Gasteiger partial charge in [0, 0.05) is 0 Å². The predicted octanol–water partition coefficient (Wildman–Crippen LogP) is 2.54. The SMILES string of the molecule is [NH]c1c([NH][Co])ccc(=Cc2ccccc2O)c1=Cc1ccccc1O. The second kappa shape index (κ2) is 7.34. The van der Waals surface area contributed by atoms with E-state index in [1.807, 2.05) is 18.2 Å². The van der Waals surface area contributed by atoms with Crippen LogP contribution in [0.1, 0.15) is 11.1 Å². The average Bonchev–Trinajstić information content (AvgIpc) is 2.61. The summed E-state index contributed by atoms with van der Waals surface area (Å²) in [6.07, 6.45) is 3.55. The van der Waals surface area contributed by atoms with Gasteiger partial charge in [-0.05, 0) is 0 Å². The molecule has 0 unspecified atom stereocenters. The molecule has 3 aromatic rings. The Hall–Kier alpha value is -2.89. The fraction of sp³-hybridized carbons (Fsp3) is 0. The Morgan fingerprint density at radius 3 is 1.92 bits per heavy atom. The number of benzene rings is 3. The van der Waals surface area contributed by atoms with E-state index in [-0.39, 0.29) is 17.2 Å². The Kier molecular flexibility index (Phi) is 4.97. The van der Waals surface area contributed by atoms with Crippen molar-refractivity contribution in [3.8, 4) is 11.5 Å². The maximum absolute atomic E-state index is 10.0. The van der Waals surface area contributed by atoms with Crippen molar-refractivity contribution in [3.05, 3.63) is 82.2 Å². The molecule has 0 aliphatic carbocycles. The van der Waals surface area contributed by atoms with Gasteiger partial charge in [-0.1, -0.05) is 0 Å². The van der Waals surface area contributed by atoms with E-state index in [1.165, 1.54) is 0 Å². The number of phenolic OH excluding ortho intramolecular Hbond substituents is 2. The minimum atomic E-state index is 0.138. The Bertz CT molecular complexity index is 1030. The van der Waals surface area contributed by atoms with Gasteiger partial charge in [0.25, 0.3) is 0 Å². The second-order valence-electron chi connectivity index (χ2n) is 5.48. The molecule has 0 bridgehead atoms. The monoisotopic (exact) mass is 375 g/mol. The quantitative estimate of drug-likeness (QED) is 0.659. The molecule has 0 heterocycles. The van der Waals surface area contributed by atoms with Gasteiger partial charge in [0.05, 0.1) is 0 Å². The van der Waals surface area contributed by atoms with Gasteiger partial charge in [-0.3, -0.25) is 0 Å². The van der Waals surface area contributed by atoms with Crippen molar-refractivity contribution >= 4 is 23.5 Å². The first kappa shape index (κ1) is 16.9. The third kappa shape index (κ3) is 3.62. The molecule has 0 atom stereocenters. The first-order chi connectivity index (χ1) is 12.1. The zero-order chi connectivity index (χ0) is 17.8. The number of hydrogen-bond donors (Lipinski definition) is 3. The Morgan fingerprint density at radius 2 is 1.36 bits per heavy atom. The van der Waals surface area contributed by atoms with Crippen molar-refractivity contribution in [1.82, 2.24) is 5.73 Å². The van der Waals surface area contributed by atoms with E-state index in [4.69, 9.17) is 5.73 Å². The topological polar surface area (TPSA) is 76.3 Å². The van der Waals surface area contributed by atoms with Crippen molar-refractivity contribution in [2.45, 2.75) is 0 Å². The first-order valence-corrected chi connectivity index (χ1v) is 8.10. The summed E-state index contributed by atoms with van der Waals surface area (Å²) in [6, 6.07) is 17.5. The van der Waals surface area contributed by atoms with Crippen LogP contribution in [-0.2, 0) is 16.0 Å². The van der Waals surface area contributed by atoms with Crippen molar-refractivity contribution in [2.75, 3.05) is 4.37 Å². The molecular weight excluding hydrogens is 359 g/mol. The fourth-order valence-electron chi connectivity index (χ4n) is 2.53. The molecule has 5 heteroatoms. The molecular formula is C20H16CoN2O2. The zero-order valence-electron chi connectivity index (χ0n) is 13.2. The molecule has 127 valence electrons. The molecule has 0 aromatic heterocycles. The Balaban J connectivity index is 2.33. The number of nitrogens with one attached hydrogen (secondary N) is 2. The molecule has 0 amide bonds. The molecule has 0 aliphatic rings. The summed E-state index contributed by atoms with van der Waals surface area (Å²) >= 11 is 4.09. The van der Waals surface area contributed by atoms with Crippen LogP contribution in [0.15, 0.2) is 60.7 Å². The molecule has 4 N–H and O–H groups in total. The summed E-state index contributed by atoms with van der Waals surface area (Å²) in [5.74, 6) is 0.303. The van der Waals surface area contributed by atoms with Gasteiger partial charge >= 0.3 is 154 Å². The van der Waals surface area contributed by atoms with Gasteiger partial charge in [-0.2, -0.15) is 0 Å². The van der Waals surface area contributed by atoms with E-state index in [2.05, 4.69) is 20.3 Å². The molecule has 0 aliphatic heterocycles. The predicted molar refractivity (Wildman–Crippen MR) is 95.4 cm³/mol. The molecule has 0 fully saturated rings. The molecule has 0 saturated heterocycles. The van der Waals surface area contributed by atoms with Crippen LogP contribution in [0.25, 0.3) is 12.2 Å². The van der Waals surface area contributed by atoms with Crippen LogP contribution in [0.5, 0.6) is 11.5 Å².